The number of rotatable bonds is 4. The highest BCUT2D eigenvalue weighted by atomic mass is 32.2. The smallest absolute Gasteiger partial charge is 0.237 e. The van der Waals surface area contributed by atoms with E-state index in [1.807, 2.05) is 11.8 Å². The second-order valence-corrected chi connectivity index (χ2v) is 7.49. The fraction of sp³-hybridized carbons (Fsp3) is 0.588. The van der Waals surface area contributed by atoms with Gasteiger partial charge in [0.15, 0.2) is 0 Å². The highest BCUT2D eigenvalue weighted by Gasteiger charge is 2.34. The quantitative estimate of drug-likeness (QED) is 0.898. The molecular weight excluding hydrogens is 280 g/mol. The molecule has 0 saturated heterocycles. The van der Waals surface area contributed by atoms with Crippen LogP contribution in [0, 0.1) is 0 Å². The zero-order valence-corrected chi connectivity index (χ0v) is 13.5. The second-order valence-electron chi connectivity index (χ2n) is 6.22. The van der Waals surface area contributed by atoms with Crippen molar-refractivity contribution in [3.8, 4) is 0 Å². The maximum Gasteiger partial charge on any atom is 0.237 e. The predicted octanol–water partition coefficient (Wildman–Crippen LogP) is 2.49. The van der Waals surface area contributed by atoms with Gasteiger partial charge < -0.3 is 10.6 Å². The number of nitrogens with one attached hydrogen (secondary N) is 2. The van der Waals surface area contributed by atoms with E-state index >= 15 is 0 Å². The Morgan fingerprint density at radius 1 is 1.33 bits per heavy atom. The first-order valence-corrected chi connectivity index (χ1v) is 9.08. The minimum absolute atomic E-state index is 0.0831. The van der Waals surface area contributed by atoms with Crippen LogP contribution in [-0.4, -0.2) is 29.5 Å². The van der Waals surface area contributed by atoms with Gasteiger partial charge in [0.2, 0.25) is 5.91 Å². The number of benzene rings is 1. The third kappa shape index (κ3) is 3.27. The number of hydrogen-bond donors (Lipinski definition) is 2. The third-order valence-corrected chi connectivity index (χ3v) is 6.35. The summed E-state index contributed by atoms with van der Waals surface area (Å²) in [6.07, 6.45) is 8.03. The minimum atomic E-state index is -0.0831. The average Bonchev–Trinajstić information content (AvgIpc) is 3.01. The van der Waals surface area contributed by atoms with Crippen molar-refractivity contribution in [2.75, 3.05) is 12.8 Å². The molecule has 1 fully saturated rings. The Balaban J connectivity index is 1.57. The van der Waals surface area contributed by atoms with Gasteiger partial charge >= 0.3 is 0 Å². The van der Waals surface area contributed by atoms with E-state index in [1.54, 1.807) is 0 Å². The van der Waals surface area contributed by atoms with E-state index in [1.165, 1.54) is 36.8 Å². The highest BCUT2D eigenvalue weighted by molar-refractivity contribution is 8.00. The molecular formula is C17H24N2OS. The molecule has 2 aliphatic rings. The van der Waals surface area contributed by atoms with Crippen LogP contribution < -0.4 is 10.6 Å². The Labute approximate surface area is 131 Å². The van der Waals surface area contributed by atoms with Crippen LogP contribution in [0.3, 0.4) is 0 Å². The van der Waals surface area contributed by atoms with E-state index in [0.717, 1.165) is 19.5 Å². The van der Waals surface area contributed by atoms with Crippen LogP contribution in [0.1, 0.15) is 36.8 Å². The van der Waals surface area contributed by atoms with Gasteiger partial charge in [0.05, 0.1) is 6.04 Å². The third-order valence-electron chi connectivity index (χ3n) is 4.93. The summed E-state index contributed by atoms with van der Waals surface area (Å²) in [5.74, 6) is 0.157. The molecule has 0 bridgehead atoms. The molecule has 0 unspecified atom stereocenters. The van der Waals surface area contributed by atoms with Gasteiger partial charge in [0.25, 0.3) is 0 Å². The summed E-state index contributed by atoms with van der Waals surface area (Å²) in [5.41, 5.74) is 2.62. The molecule has 0 aromatic heterocycles. The second kappa shape index (κ2) is 6.41. The van der Waals surface area contributed by atoms with Crippen LogP contribution in [0.25, 0.3) is 0 Å². The molecule has 3 nitrogen and oxygen atoms in total. The molecule has 114 valence electrons. The SMILES string of the molecule is CSC1(CNC(=O)[C@H]2Cc3ccccc3CN2)CCCC1. The van der Waals surface area contributed by atoms with E-state index in [2.05, 4.69) is 41.2 Å². The van der Waals surface area contributed by atoms with Gasteiger partial charge in [0.1, 0.15) is 0 Å². The van der Waals surface area contributed by atoms with Crippen molar-refractivity contribution in [2.45, 2.75) is 49.4 Å². The molecule has 0 spiro atoms. The summed E-state index contributed by atoms with van der Waals surface area (Å²) >= 11 is 1.92. The molecule has 1 amide bonds. The lowest BCUT2D eigenvalue weighted by atomic mass is 9.95. The van der Waals surface area contributed by atoms with E-state index in [-0.39, 0.29) is 16.7 Å². The lowest BCUT2D eigenvalue weighted by Gasteiger charge is -2.30. The van der Waals surface area contributed by atoms with Gasteiger partial charge in [-0.25, -0.2) is 0 Å². The fourth-order valence-corrected chi connectivity index (χ4v) is 4.40. The molecule has 1 aliphatic heterocycles. The maximum atomic E-state index is 12.4. The van der Waals surface area contributed by atoms with Crippen molar-refractivity contribution in [1.82, 2.24) is 10.6 Å². The van der Waals surface area contributed by atoms with Gasteiger partial charge in [-0.15, -0.1) is 0 Å². The van der Waals surface area contributed by atoms with Gasteiger partial charge in [-0.05, 0) is 36.6 Å². The topological polar surface area (TPSA) is 41.1 Å². The average molecular weight is 304 g/mol. The van der Waals surface area contributed by atoms with Crippen LogP contribution in [-0.2, 0) is 17.8 Å². The molecule has 4 heteroatoms. The van der Waals surface area contributed by atoms with Gasteiger partial charge in [0, 0.05) is 17.8 Å². The van der Waals surface area contributed by atoms with Crippen LogP contribution in [0.5, 0.6) is 0 Å². The van der Waals surface area contributed by atoms with Gasteiger partial charge in [-0.3, -0.25) is 4.79 Å². The van der Waals surface area contributed by atoms with E-state index in [4.69, 9.17) is 0 Å². The number of amides is 1. The van der Waals surface area contributed by atoms with Crippen molar-refractivity contribution in [1.29, 1.82) is 0 Å². The van der Waals surface area contributed by atoms with Gasteiger partial charge in [-0.1, -0.05) is 37.1 Å². The maximum absolute atomic E-state index is 12.4. The molecule has 21 heavy (non-hydrogen) atoms. The zero-order chi connectivity index (χ0) is 14.7. The first-order chi connectivity index (χ1) is 10.2. The molecule has 3 rings (SSSR count). The van der Waals surface area contributed by atoms with Crippen LogP contribution >= 0.6 is 11.8 Å². The zero-order valence-electron chi connectivity index (χ0n) is 12.7. The predicted molar refractivity (Wildman–Crippen MR) is 88.5 cm³/mol. The summed E-state index contributed by atoms with van der Waals surface area (Å²) in [7, 11) is 0. The molecule has 1 aromatic carbocycles. The van der Waals surface area contributed by atoms with Crippen LogP contribution in [0.4, 0.5) is 0 Å². The summed E-state index contributed by atoms with van der Waals surface area (Å²) in [4.78, 5) is 12.4. The lowest BCUT2D eigenvalue weighted by molar-refractivity contribution is -0.123. The van der Waals surface area contributed by atoms with Crippen molar-refractivity contribution < 1.29 is 4.79 Å². The van der Waals surface area contributed by atoms with Crippen LogP contribution in [0.2, 0.25) is 0 Å². The first-order valence-electron chi connectivity index (χ1n) is 7.85. The summed E-state index contributed by atoms with van der Waals surface area (Å²) < 4.78 is 0.280. The number of thioether (sulfide) groups is 1. The standard InChI is InChI=1S/C17H24N2OS/c1-21-17(8-4-5-9-17)12-19-16(20)15-10-13-6-2-3-7-14(13)11-18-15/h2-3,6-7,15,18H,4-5,8-12H2,1H3,(H,19,20)/t15-/m1/s1. The summed E-state index contributed by atoms with van der Waals surface area (Å²) in [6, 6.07) is 8.30. The summed E-state index contributed by atoms with van der Waals surface area (Å²) in [6.45, 7) is 1.61. The number of fused-ring (bicyclic) bond motifs is 1. The van der Waals surface area contributed by atoms with Crippen LogP contribution in [0.15, 0.2) is 24.3 Å². The normalized spacial score (nSPS) is 23.6. The van der Waals surface area contributed by atoms with Crippen molar-refractivity contribution in [3.05, 3.63) is 35.4 Å². The molecule has 2 N–H and O–H groups in total. The Morgan fingerprint density at radius 3 is 2.76 bits per heavy atom. The Morgan fingerprint density at radius 2 is 2.05 bits per heavy atom. The van der Waals surface area contributed by atoms with E-state index in [9.17, 15) is 4.79 Å². The van der Waals surface area contributed by atoms with Crippen molar-refractivity contribution in [3.63, 3.8) is 0 Å². The monoisotopic (exact) mass is 304 g/mol. The molecule has 1 heterocycles. The highest BCUT2D eigenvalue weighted by Crippen LogP contribution is 2.39. The molecule has 1 aliphatic carbocycles. The Hall–Kier alpha value is -1.00. The fourth-order valence-electron chi connectivity index (χ4n) is 3.48. The molecule has 1 saturated carbocycles. The number of carbonyl (C=O) groups excluding carboxylic acids is 1. The Kier molecular flexibility index (Phi) is 4.55. The minimum Gasteiger partial charge on any atom is -0.353 e. The number of hydrogen-bond acceptors (Lipinski definition) is 3. The van der Waals surface area contributed by atoms with E-state index < -0.39 is 0 Å². The van der Waals surface area contributed by atoms with Crippen molar-refractivity contribution in [2.24, 2.45) is 0 Å². The molecule has 0 radical (unpaired) electrons. The first kappa shape index (κ1) is 14.9. The van der Waals surface area contributed by atoms with Crippen molar-refractivity contribution >= 4 is 17.7 Å². The number of carbonyl (C=O) groups is 1. The largest absolute Gasteiger partial charge is 0.353 e. The molecule has 1 atom stereocenters. The summed E-state index contributed by atoms with van der Waals surface area (Å²) in [5, 5.41) is 6.56. The van der Waals surface area contributed by atoms with E-state index in [0.29, 0.717) is 0 Å². The Bertz CT molecular complexity index is 511. The lowest BCUT2D eigenvalue weighted by Crippen LogP contribution is -2.50. The van der Waals surface area contributed by atoms with Gasteiger partial charge in [-0.2, -0.15) is 11.8 Å². The molecule has 1 aromatic rings.